The summed E-state index contributed by atoms with van der Waals surface area (Å²) in [5.74, 6) is 0.517. The molecule has 6 nitrogen and oxygen atoms in total. The summed E-state index contributed by atoms with van der Waals surface area (Å²) < 4.78 is 6.37. The van der Waals surface area contributed by atoms with Gasteiger partial charge in [-0.25, -0.2) is 4.98 Å². The molecule has 0 aromatic carbocycles. The standard InChI is InChI=1S/C10H14N4O2S/c1-6-7(4-5-16-2)8(15)14-9(11-6)12-10(13-14)17-3/h15H,4-5H2,1-3H3. The summed E-state index contributed by atoms with van der Waals surface area (Å²) in [6.07, 6.45) is 2.48. The SMILES string of the molecule is COCCc1c(C)nc2nc(SC)nn2c1O. The zero-order valence-corrected chi connectivity index (χ0v) is 10.8. The number of rotatable bonds is 4. The molecule has 2 rings (SSSR count). The lowest BCUT2D eigenvalue weighted by Crippen LogP contribution is -2.04. The molecule has 0 bridgehead atoms. The number of hydrogen-bond donors (Lipinski definition) is 1. The zero-order valence-electron chi connectivity index (χ0n) is 9.97. The highest BCUT2D eigenvalue weighted by atomic mass is 32.2. The summed E-state index contributed by atoms with van der Waals surface area (Å²) in [5, 5.41) is 14.9. The number of thioether (sulfide) groups is 1. The molecule has 0 amide bonds. The minimum absolute atomic E-state index is 0.0948. The second-order valence-electron chi connectivity index (χ2n) is 3.55. The third kappa shape index (κ3) is 2.20. The van der Waals surface area contributed by atoms with Crippen molar-refractivity contribution >= 4 is 17.5 Å². The van der Waals surface area contributed by atoms with Gasteiger partial charge in [0.05, 0.1) is 12.3 Å². The first-order chi connectivity index (χ1) is 8.17. The van der Waals surface area contributed by atoms with Crippen molar-refractivity contribution in [3.05, 3.63) is 11.3 Å². The minimum atomic E-state index is 0.0948. The molecule has 0 aliphatic heterocycles. The van der Waals surface area contributed by atoms with E-state index in [-0.39, 0.29) is 5.88 Å². The highest BCUT2D eigenvalue weighted by Gasteiger charge is 2.14. The van der Waals surface area contributed by atoms with Gasteiger partial charge in [-0.3, -0.25) is 0 Å². The first-order valence-corrected chi connectivity index (χ1v) is 6.38. The Hall–Kier alpha value is -1.34. The van der Waals surface area contributed by atoms with Crippen LogP contribution >= 0.6 is 11.8 Å². The van der Waals surface area contributed by atoms with Gasteiger partial charge in [-0.2, -0.15) is 9.50 Å². The molecule has 0 aliphatic carbocycles. The maximum atomic E-state index is 10.1. The number of methoxy groups -OCH3 is 1. The Balaban J connectivity index is 2.53. The lowest BCUT2D eigenvalue weighted by atomic mass is 10.2. The van der Waals surface area contributed by atoms with Gasteiger partial charge in [0.25, 0.3) is 5.78 Å². The van der Waals surface area contributed by atoms with Gasteiger partial charge < -0.3 is 9.84 Å². The van der Waals surface area contributed by atoms with Crippen molar-refractivity contribution in [3.8, 4) is 5.88 Å². The summed E-state index contributed by atoms with van der Waals surface area (Å²) in [4.78, 5) is 8.51. The van der Waals surface area contributed by atoms with E-state index < -0.39 is 0 Å². The van der Waals surface area contributed by atoms with Gasteiger partial charge in [0, 0.05) is 19.1 Å². The summed E-state index contributed by atoms with van der Waals surface area (Å²) in [7, 11) is 1.62. The molecule has 2 heterocycles. The van der Waals surface area contributed by atoms with Crippen LogP contribution in [0, 0.1) is 6.92 Å². The van der Waals surface area contributed by atoms with E-state index in [1.165, 1.54) is 16.3 Å². The second-order valence-corrected chi connectivity index (χ2v) is 4.33. The van der Waals surface area contributed by atoms with Gasteiger partial charge in [0.2, 0.25) is 11.0 Å². The van der Waals surface area contributed by atoms with E-state index in [2.05, 4.69) is 15.1 Å². The number of aromatic nitrogens is 4. The first kappa shape index (κ1) is 12.1. The van der Waals surface area contributed by atoms with Gasteiger partial charge in [0.1, 0.15) is 0 Å². The van der Waals surface area contributed by atoms with Crippen molar-refractivity contribution < 1.29 is 9.84 Å². The molecule has 0 saturated heterocycles. The number of hydrogen-bond acceptors (Lipinski definition) is 6. The molecule has 2 aromatic rings. The topological polar surface area (TPSA) is 72.5 Å². The molecule has 0 radical (unpaired) electrons. The Bertz CT molecular complexity index is 541. The van der Waals surface area contributed by atoms with Crippen LogP contribution in [0.2, 0.25) is 0 Å². The van der Waals surface area contributed by atoms with Gasteiger partial charge in [0.15, 0.2) is 0 Å². The molecule has 0 spiro atoms. The van der Waals surface area contributed by atoms with Crippen LogP contribution in [-0.2, 0) is 11.2 Å². The van der Waals surface area contributed by atoms with Crippen molar-refractivity contribution in [2.45, 2.75) is 18.5 Å². The van der Waals surface area contributed by atoms with E-state index in [0.717, 1.165) is 11.3 Å². The van der Waals surface area contributed by atoms with Crippen LogP contribution in [-0.4, -0.2) is 44.7 Å². The summed E-state index contributed by atoms with van der Waals surface area (Å²) >= 11 is 1.41. The molecule has 0 aliphatic rings. The maximum absolute atomic E-state index is 10.1. The molecular formula is C10H14N4O2S. The number of nitrogens with zero attached hydrogens (tertiary/aromatic N) is 4. The van der Waals surface area contributed by atoms with Crippen LogP contribution in [0.1, 0.15) is 11.3 Å². The Morgan fingerprint density at radius 1 is 1.41 bits per heavy atom. The average molecular weight is 254 g/mol. The Labute approximate surface area is 103 Å². The first-order valence-electron chi connectivity index (χ1n) is 5.15. The minimum Gasteiger partial charge on any atom is -0.493 e. The molecule has 17 heavy (non-hydrogen) atoms. The summed E-state index contributed by atoms with van der Waals surface area (Å²) in [6.45, 7) is 2.38. The number of aryl methyl sites for hydroxylation is 1. The number of aromatic hydroxyl groups is 1. The van der Waals surface area contributed by atoms with E-state index in [1.807, 2.05) is 13.2 Å². The lowest BCUT2D eigenvalue weighted by Gasteiger charge is -2.07. The molecule has 0 unspecified atom stereocenters. The summed E-state index contributed by atoms with van der Waals surface area (Å²) in [6, 6.07) is 0. The summed E-state index contributed by atoms with van der Waals surface area (Å²) in [5.41, 5.74) is 1.50. The zero-order chi connectivity index (χ0) is 12.4. The predicted molar refractivity (Wildman–Crippen MR) is 64.5 cm³/mol. The second kappa shape index (κ2) is 4.89. The third-order valence-electron chi connectivity index (χ3n) is 2.48. The third-order valence-corrected chi connectivity index (χ3v) is 3.02. The predicted octanol–water partition coefficient (Wildman–Crippen LogP) is 1.05. The molecule has 92 valence electrons. The van der Waals surface area contributed by atoms with Crippen LogP contribution in [0.5, 0.6) is 5.88 Å². The highest BCUT2D eigenvalue weighted by Crippen LogP contribution is 2.22. The van der Waals surface area contributed by atoms with Crippen molar-refractivity contribution in [3.63, 3.8) is 0 Å². The average Bonchev–Trinajstić information content (AvgIpc) is 2.72. The van der Waals surface area contributed by atoms with E-state index >= 15 is 0 Å². The fraction of sp³-hybridized carbons (Fsp3) is 0.500. The van der Waals surface area contributed by atoms with Crippen LogP contribution in [0.25, 0.3) is 5.78 Å². The fourth-order valence-electron chi connectivity index (χ4n) is 1.59. The van der Waals surface area contributed by atoms with Gasteiger partial charge in [-0.15, -0.1) is 5.10 Å². The van der Waals surface area contributed by atoms with Crippen LogP contribution in [0.3, 0.4) is 0 Å². The Kier molecular flexibility index (Phi) is 3.49. The van der Waals surface area contributed by atoms with Crippen molar-refractivity contribution in [1.82, 2.24) is 19.6 Å². The molecule has 0 atom stereocenters. The van der Waals surface area contributed by atoms with E-state index in [1.54, 1.807) is 7.11 Å². The molecule has 7 heteroatoms. The largest absolute Gasteiger partial charge is 0.493 e. The van der Waals surface area contributed by atoms with Crippen LogP contribution < -0.4 is 0 Å². The van der Waals surface area contributed by atoms with Crippen LogP contribution in [0.15, 0.2) is 5.16 Å². The van der Waals surface area contributed by atoms with Gasteiger partial charge in [-0.05, 0) is 13.2 Å². The normalized spacial score (nSPS) is 11.2. The quantitative estimate of drug-likeness (QED) is 0.822. The van der Waals surface area contributed by atoms with Crippen molar-refractivity contribution in [2.24, 2.45) is 0 Å². The maximum Gasteiger partial charge on any atom is 0.256 e. The van der Waals surface area contributed by atoms with Gasteiger partial charge in [-0.1, -0.05) is 11.8 Å². The van der Waals surface area contributed by atoms with E-state index in [4.69, 9.17) is 4.74 Å². The van der Waals surface area contributed by atoms with Crippen molar-refractivity contribution in [2.75, 3.05) is 20.0 Å². The molecular weight excluding hydrogens is 240 g/mol. The fourth-order valence-corrected chi connectivity index (χ4v) is 1.93. The Morgan fingerprint density at radius 2 is 2.18 bits per heavy atom. The lowest BCUT2D eigenvalue weighted by molar-refractivity contribution is 0.201. The van der Waals surface area contributed by atoms with Crippen molar-refractivity contribution in [1.29, 1.82) is 0 Å². The van der Waals surface area contributed by atoms with Gasteiger partial charge >= 0.3 is 0 Å². The highest BCUT2D eigenvalue weighted by molar-refractivity contribution is 7.98. The molecule has 2 aromatic heterocycles. The Morgan fingerprint density at radius 3 is 2.82 bits per heavy atom. The smallest absolute Gasteiger partial charge is 0.256 e. The monoisotopic (exact) mass is 254 g/mol. The molecule has 0 fully saturated rings. The number of fused-ring (bicyclic) bond motifs is 1. The van der Waals surface area contributed by atoms with E-state index in [9.17, 15) is 5.11 Å². The van der Waals surface area contributed by atoms with E-state index in [0.29, 0.717) is 24.0 Å². The van der Waals surface area contributed by atoms with Crippen LogP contribution in [0.4, 0.5) is 0 Å². The molecule has 0 saturated carbocycles. The molecule has 1 N–H and O–H groups in total. The number of ether oxygens (including phenoxy) is 1.